The molecule has 0 heterocycles. The van der Waals surface area contributed by atoms with Gasteiger partial charge in [-0.2, -0.15) is 0 Å². The smallest absolute Gasteiger partial charge is 0.303 e. The van der Waals surface area contributed by atoms with E-state index >= 15 is 0 Å². The summed E-state index contributed by atoms with van der Waals surface area (Å²) in [5.41, 5.74) is 0. The zero-order chi connectivity index (χ0) is 13.6. The Morgan fingerprint density at radius 2 is 1.50 bits per heavy atom. The normalized spacial score (nSPS) is 11.5. The van der Waals surface area contributed by atoms with Gasteiger partial charge in [0.1, 0.15) is 0 Å². The molecule has 0 aromatic heterocycles. The van der Waals surface area contributed by atoms with Crippen molar-refractivity contribution < 1.29 is 9.90 Å². The van der Waals surface area contributed by atoms with Gasteiger partial charge in [-0.15, -0.1) is 0 Å². The van der Waals surface area contributed by atoms with Crippen molar-refractivity contribution in [3.63, 3.8) is 0 Å². The molecule has 0 rings (SSSR count). The molecule has 0 aromatic carbocycles. The lowest BCUT2D eigenvalue weighted by molar-refractivity contribution is -0.137. The SMILES string of the molecule is CC(C)CCCC=CCCCCCCCC(=O)O. The van der Waals surface area contributed by atoms with Gasteiger partial charge in [-0.25, -0.2) is 0 Å². The van der Waals surface area contributed by atoms with Crippen LogP contribution < -0.4 is 0 Å². The van der Waals surface area contributed by atoms with Crippen molar-refractivity contribution in [2.45, 2.75) is 78.1 Å². The number of carboxylic acid groups (broad SMARTS) is 1. The van der Waals surface area contributed by atoms with Crippen molar-refractivity contribution in [3.05, 3.63) is 12.2 Å². The number of aliphatic carboxylic acids is 1. The quantitative estimate of drug-likeness (QED) is 0.384. The first-order valence-electron chi connectivity index (χ1n) is 7.49. The van der Waals surface area contributed by atoms with Crippen LogP contribution in [0.1, 0.15) is 78.1 Å². The Balaban J connectivity index is 3.10. The van der Waals surface area contributed by atoms with E-state index < -0.39 is 5.97 Å². The first-order valence-corrected chi connectivity index (χ1v) is 7.49. The first kappa shape index (κ1) is 17.2. The molecular weight excluding hydrogens is 224 g/mol. The molecule has 0 aliphatic heterocycles. The van der Waals surface area contributed by atoms with Crippen molar-refractivity contribution in [1.29, 1.82) is 0 Å². The molecule has 18 heavy (non-hydrogen) atoms. The Kier molecular flexibility index (Phi) is 12.1. The Hall–Kier alpha value is -0.790. The fraction of sp³-hybridized carbons (Fsp3) is 0.812. The third-order valence-corrected chi connectivity index (χ3v) is 3.08. The van der Waals surface area contributed by atoms with Gasteiger partial charge < -0.3 is 5.11 Å². The summed E-state index contributed by atoms with van der Waals surface area (Å²) in [5.74, 6) is 0.156. The summed E-state index contributed by atoms with van der Waals surface area (Å²) in [4.78, 5) is 10.3. The second-order valence-electron chi connectivity index (χ2n) is 5.50. The average molecular weight is 254 g/mol. The third-order valence-electron chi connectivity index (χ3n) is 3.08. The molecule has 0 saturated heterocycles. The van der Waals surface area contributed by atoms with Gasteiger partial charge in [0.2, 0.25) is 0 Å². The summed E-state index contributed by atoms with van der Waals surface area (Å²) >= 11 is 0. The van der Waals surface area contributed by atoms with E-state index in [1.165, 1.54) is 44.9 Å². The van der Waals surface area contributed by atoms with Gasteiger partial charge >= 0.3 is 5.97 Å². The predicted molar refractivity (Wildman–Crippen MR) is 77.8 cm³/mol. The minimum atomic E-state index is -0.667. The molecule has 0 radical (unpaired) electrons. The summed E-state index contributed by atoms with van der Waals surface area (Å²) in [7, 11) is 0. The molecule has 0 spiro atoms. The summed E-state index contributed by atoms with van der Waals surface area (Å²) < 4.78 is 0. The predicted octanol–water partition coefficient (Wildman–Crippen LogP) is 5.18. The van der Waals surface area contributed by atoms with Crippen molar-refractivity contribution in [2.24, 2.45) is 5.92 Å². The van der Waals surface area contributed by atoms with E-state index in [9.17, 15) is 4.79 Å². The van der Waals surface area contributed by atoms with E-state index in [1.54, 1.807) is 0 Å². The molecule has 0 aliphatic carbocycles. The summed E-state index contributed by atoms with van der Waals surface area (Å²) in [6.07, 6.45) is 15.5. The van der Waals surface area contributed by atoms with Gasteiger partial charge in [-0.3, -0.25) is 4.79 Å². The topological polar surface area (TPSA) is 37.3 Å². The van der Waals surface area contributed by atoms with Crippen LogP contribution in [0.25, 0.3) is 0 Å². The Labute approximate surface area is 112 Å². The maximum atomic E-state index is 10.3. The Morgan fingerprint density at radius 1 is 0.944 bits per heavy atom. The minimum Gasteiger partial charge on any atom is -0.481 e. The van der Waals surface area contributed by atoms with E-state index in [0.29, 0.717) is 6.42 Å². The molecule has 0 amide bonds. The molecule has 0 aliphatic rings. The van der Waals surface area contributed by atoms with E-state index in [-0.39, 0.29) is 0 Å². The van der Waals surface area contributed by atoms with Gasteiger partial charge in [-0.1, -0.05) is 51.7 Å². The second kappa shape index (κ2) is 12.7. The highest BCUT2D eigenvalue weighted by Crippen LogP contribution is 2.09. The molecule has 0 atom stereocenters. The highest BCUT2D eigenvalue weighted by Gasteiger charge is 1.95. The summed E-state index contributed by atoms with van der Waals surface area (Å²) in [6.45, 7) is 4.54. The largest absolute Gasteiger partial charge is 0.481 e. The molecule has 2 heteroatoms. The van der Waals surface area contributed by atoms with Crippen LogP contribution >= 0.6 is 0 Å². The molecular formula is C16H30O2. The molecule has 0 aromatic rings. The molecule has 2 nitrogen and oxygen atoms in total. The maximum Gasteiger partial charge on any atom is 0.303 e. The van der Waals surface area contributed by atoms with E-state index in [0.717, 1.165) is 18.8 Å². The molecule has 0 unspecified atom stereocenters. The van der Waals surface area contributed by atoms with Crippen LogP contribution in [0.3, 0.4) is 0 Å². The van der Waals surface area contributed by atoms with E-state index in [2.05, 4.69) is 26.0 Å². The molecule has 106 valence electrons. The van der Waals surface area contributed by atoms with Crippen molar-refractivity contribution in [1.82, 2.24) is 0 Å². The van der Waals surface area contributed by atoms with Crippen molar-refractivity contribution in [3.8, 4) is 0 Å². The zero-order valence-corrected chi connectivity index (χ0v) is 12.2. The van der Waals surface area contributed by atoms with E-state index in [4.69, 9.17) is 5.11 Å². The lowest BCUT2D eigenvalue weighted by Crippen LogP contribution is -1.93. The fourth-order valence-electron chi connectivity index (χ4n) is 1.95. The summed E-state index contributed by atoms with van der Waals surface area (Å²) in [6, 6.07) is 0. The van der Waals surface area contributed by atoms with Gasteiger partial charge in [0, 0.05) is 6.42 Å². The lowest BCUT2D eigenvalue weighted by atomic mass is 10.1. The number of carboxylic acids is 1. The number of carbonyl (C=O) groups is 1. The Bertz CT molecular complexity index is 219. The molecule has 0 fully saturated rings. The summed E-state index contributed by atoms with van der Waals surface area (Å²) in [5, 5.41) is 8.48. The van der Waals surface area contributed by atoms with Crippen LogP contribution in [-0.2, 0) is 4.79 Å². The molecule has 0 saturated carbocycles. The molecule has 0 bridgehead atoms. The van der Waals surface area contributed by atoms with Crippen LogP contribution in [0, 0.1) is 5.92 Å². The van der Waals surface area contributed by atoms with Crippen LogP contribution in [-0.4, -0.2) is 11.1 Å². The highest BCUT2D eigenvalue weighted by atomic mass is 16.4. The van der Waals surface area contributed by atoms with Crippen molar-refractivity contribution in [2.75, 3.05) is 0 Å². The Morgan fingerprint density at radius 3 is 2.11 bits per heavy atom. The minimum absolute atomic E-state index is 0.329. The van der Waals surface area contributed by atoms with Crippen LogP contribution in [0.5, 0.6) is 0 Å². The third kappa shape index (κ3) is 15.2. The van der Waals surface area contributed by atoms with Gasteiger partial charge in [-0.05, 0) is 38.0 Å². The number of hydrogen-bond acceptors (Lipinski definition) is 1. The highest BCUT2D eigenvalue weighted by molar-refractivity contribution is 5.66. The van der Waals surface area contributed by atoms with Gasteiger partial charge in [0.05, 0.1) is 0 Å². The van der Waals surface area contributed by atoms with E-state index in [1.807, 2.05) is 0 Å². The van der Waals surface area contributed by atoms with Crippen LogP contribution in [0.2, 0.25) is 0 Å². The first-order chi connectivity index (χ1) is 8.63. The van der Waals surface area contributed by atoms with Crippen LogP contribution in [0.15, 0.2) is 12.2 Å². The maximum absolute atomic E-state index is 10.3. The van der Waals surface area contributed by atoms with Crippen LogP contribution in [0.4, 0.5) is 0 Å². The lowest BCUT2D eigenvalue weighted by Gasteiger charge is -2.01. The fourth-order valence-corrected chi connectivity index (χ4v) is 1.95. The number of rotatable bonds is 12. The number of hydrogen-bond donors (Lipinski definition) is 1. The molecule has 1 N–H and O–H groups in total. The second-order valence-corrected chi connectivity index (χ2v) is 5.50. The number of allylic oxidation sites excluding steroid dienone is 2. The monoisotopic (exact) mass is 254 g/mol. The van der Waals surface area contributed by atoms with Gasteiger partial charge in [0.15, 0.2) is 0 Å². The average Bonchev–Trinajstić information content (AvgIpc) is 2.29. The number of unbranched alkanes of at least 4 members (excludes halogenated alkanes) is 6. The van der Waals surface area contributed by atoms with Crippen molar-refractivity contribution >= 4 is 5.97 Å². The standard InChI is InChI=1S/C16H30O2/c1-15(2)13-11-9-7-5-3-4-6-8-10-12-14-16(17)18/h5,7,15H,3-4,6,8-14H2,1-2H3,(H,17,18). The zero-order valence-electron chi connectivity index (χ0n) is 12.2. The van der Waals surface area contributed by atoms with Gasteiger partial charge in [0.25, 0.3) is 0 Å².